The smallest absolute Gasteiger partial charge is 0.326 e. The Bertz CT molecular complexity index is 490. The Kier molecular flexibility index (Phi) is 5.42. The number of aromatic nitrogens is 1. The van der Waals surface area contributed by atoms with Crippen molar-refractivity contribution in [3.63, 3.8) is 0 Å². The van der Waals surface area contributed by atoms with E-state index in [1.807, 2.05) is 12.3 Å². The summed E-state index contributed by atoms with van der Waals surface area (Å²) in [6.45, 7) is 2.55. The predicted octanol–water partition coefficient (Wildman–Crippen LogP) is 2.15. The average molecular weight is 314 g/mol. The van der Waals surface area contributed by atoms with Crippen LogP contribution < -0.4 is 0 Å². The van der Waals surface area contributed by atoms with Crippen molar-refractivity contribution in [1.82, 2.24) is 9.88 Å². The third-order valence-electron chi connectivity index (χ3n) is 3.23. The number of aliphatic carboxylic acids is 1. The second-order valence-electron chi connectivity index (χ2n) is 4.74. The van der Waals surface area contributed by atoms with Gasteiger partial charge in [-0.15, -0.1) is 11.3 Å². The molecule has 20 heavy (non-hydrogen) atoms. The Morgan fingerprint density at radius 1 is 1.60 bits per heavy atom. The van der Waals surface area contributed by atoms with Crippen LogP contribution in [0, 0.1) is 6.92 Å². The van der Waals surface area contributed by atoms with E-state index in [-0.39, 0.29) is 5.91 Å². The summed E-state index contributed by atoms with van der Waals surface area (Å²) >= 11 is 3.29. The fraction of sp³-hybridized carbons (Fsp3) is 0.615. The molecule has 2 heterocycles. The summed E-state index contributed by atoms with van der Waals surface area (Å²) in [5, 5.41) is 12.1. The van der Waals surface area contributed by atoms with Crippen LogP contribution in [0.15, 0.2) is 5.38 Å². The molecule has 0 aromatic carbocycles. The highest BCUT2D eigenvalue weighted by Gasteiger charge is 2.33. The summed E-state index contributed by atoms with van der Waals surface area (Å²) in [6, 6.07) is -0.617. The zero-order valence-corrected chi connectivity index (χ0v) is 13.0. The topological polar surface area (TPSA) is 70.5 Å². The second kappa shape index (κ2) is 7.08. The highest BCUT2D eigenvalue weighted by Crippen LogP contribution is 2.20. The highest BCUT2D eigenvalue weighted by molar-refractivity contribution is 7.98. The first-order valence-corrected chi connectivity index (χ1v) is 8.62. The van der Waals surface area contributed by atoms with Gasteiger partial charge in [0.2, 0.25) is 5.91 Å². The number of nitrogens with zero attached hydrogens (tertiary/aromatic N) is 2. The normalized spacial score (nSPS) is 18.4. The summed E-state index contributed by atoms with van der Waals surface area (Å²) in [5.41, 5.74) is 1.05. The number of hydrogen-bond donors (Lipinski definition) is 1. The lowest BCUT2D eigenvalue weighted by atomic mass is 10.2. The number of thioether (sulfide) groups is 1. The van der Waals surface area contributed by atoms with Crippen LogP contribution in [-0.4, -0.2) is 45.2 Å². The molecule has 5 nitrogen and oxygen atoms in total. The van der Waals surface area contributed by atoms with E-state index < -0.39 is 12.0 Å². The molecule has 0 saturated carbocycles. The van der Waals surface area contributed by atoms with E-state index in [4.69, 9.17) is 5.11 Å². The molecule has 110 valence electrons. The van der Waals surface area contributed by atoms with Gasteiger partial charge in [-0.2, -0.15) is 11.8 Å². The average Bonchev–Trinajstić information content (AvgIpc) is 3.03. The van der Waals surface area contributed by atoms with Gasteiger partial charge in [-0.05, 0) is 19.8 Å². The zero-order chi connectivity index (χ0) is 14.5. The van der Waals surface area contributed by atoms with E-state index in [1.165, 1.54) is 4.90 Å². The maximum atomic E-state index is 12.0. The number of thiazole rings is 1. The van der Waals surface area contributed by atoms with Crippen LogP contribution in [0.5, 0.6) is 0 Å². The van der Waals surface area contributed by atoms with Crippen LogP contribution in [-0.2, 0) is 15.3 Å². The van der Waals surface area contributed by atoms with Gasteiger partial charge in [-0.1, -0.05) is 0 Å². The predicted molar refractivity (Wildman–Crippen MR) is 80.0 cm³/mol. The van der Waals surface area contributed by atoms with Crippen LogP contribution in [0.4, 0.5) is 0 Å². The van der Waals surface area contributed by atoms with Crippen molar-refractivity contribution in [2.45, 2.75) is 38.0 Å². The summed E-state index contributed by atoms with van der Waals surface area (Å²) < 4.78 is 0. The van der Waals surface area contributed by atoms with Crippen LogP contribution >= 0.6 is 23.1 Å². The molecule has 1 aromatic heterocycles. The monoisotopic (exact) mass is 314 g/mol. The Balaban J connectivity index is 1.71. The number of amides is 1. The van der Waals surface area contributed by atoms with Gasteiger partial charge in [0.05, 0.1) is 10.7 Å². The number of carboxylic acids is 1. The quantitative estimate of drug-likeness (QED) is 0.815. The van der Waals surface area contributed by atoms with E-state index in [0.29, 0.717) is 25.1 Å². The van der Waals surface area contributed by atoms with Crippen molar-refractivity contribution in [3.8, 4) is 0 Å². The molecule has 7 heteroatoms. The minimum Gasteiger partial charge on any atom is -0.480 e. The van der Waals surface area contributed by atoms with Crippen molar-refractivity contribution >= 4 is 35.0 Å². The molecular weight excluding hydrogens is 296 g/mol. The third kappa shape index (κ3) is 3.96. The molecule has 0 radical (unpaired) electrons. The second-order valence-corrected chi connectivity index (χ2v) is 6.91. The molecule has 0 unspecified atom stereocenters. The Morgan fingerprint density at radius 2 is 2.40 bits per heavy atom. The number of likely N-dealkylation sites (tertiary alicyclic amines) is 1. The van der Waals surface area contributed by atoms with Gasteiger partial charge in [0, 0.05) is 29.9 Å². The van der Waals surface area contributed by atoms with Crippen LogP contribution in [0.25, 0.3) is 0 Å². The minimum absolute atomic E-state index is 0.0446. The van der Waals surface area contributed by atoms with E-state index in [9.17, 15) is 9.59 Å². The number of carbonyl (C=O) groups is 2. The van der Waals surface area contributed by atoms with Gasteiger partial charge < -0.3 is 10.0 Å². The van der Waals surface area contributed by atoms with E-state index >= 15 is 0 Å². The van der Waals surface area contributed by atoms with Gasteiger partial charge >= 0.3 is 5.97 Å². The molecule has 2 rings (SSSR count). The minimum atomic E-state index is -0.888. The first-order valence-electron chi connectivity index (χ1n) is 6.59. The number of rotatable bonds is 6. The molecule has 0 spiro atoms. The summed E-state index contributed by atoms with van der Waals surface area (Å²) in [7, 11) is 0. The first kappa shape index (κ1) is 15.3. The molecule has 1 amide bonds. The fourth-order valence-electron chi connectivity index (χ4n) is 2.28. The van der Waals surface area contributed by atoms with Gasteiger partial charge in [-0.3, -0.25) is 4.79 Å². The molecule has 1 fully saturated rings. The maximum absolute atomic E-state index is 12.0. The van der Waals surface area contributed by atoms with E-state index in [2.05, 4.69) is 4.98 Å². The van der Waals surface area contributed by atoms with Gasteiger partial charge in [-0.25, -0.2) is 9.78 Å². The highest BCUT2D eigenvalue weighted by atomic mass is 32.2. The maximum Gasteiger partial charge on any atom is 0.326 e. The van der Waals surface area contributed by atoms with Crippen molar-refractivity contribution < 1.29 is 14.7 Å². The molecule has 1 N–H and O–H groups in total. The standard InChI is InChI=1S/C13H18N2O3S2/c1-9-14-10(8-20-9)7-19-6-4-12(16)15-5-2-3-11(15)13(17)18/h8,11H,2-7H2,1H3,(H,17,18)/t11-/m0/s1. The summed E-state index contributed by atoms with van der Waals surface area (Å²) in [5.74, 6) is 0.580. The van der Waals surface area contributed by atoms with Gasteiger partial charge in [0.1, 0.15) is 6.04 Å². The number of aryl methyl sites for hydroxylation is 1. The molecule has 1 atom stereocenters. The largest absolute Gasteiger partial charge is 0.480 e. The van der Waals surface area contributed by atoms with Crippen LogP contribution in [0.3, 0.4) is 0 Å². The SMILES string of the molecule is Cc1nc(CSCCC(=O)N2CCC[C@H]2C(=O)O)cs1. The third-order valence-corrected chi connectivity index (χ3v) is 5.05. The Labute approximate surface area is 126 Å². The molecule has 0 bridgehead atoms. The molecular formula is C13H18N2O3S2. The number of carbonyl (C=O) groups excluding carboxylic acids is 1. The summed E-state index contributed by atoms with van der Waals surface area (Å²) in [6.07, 6.45) is 1.76. The van der Waals surface area contributed by atoms with E-state index in [0.717, 1.165) is 22.9 Å². The van der Waals surface area contributed by atoms with Crippen LogP contribution in [0.1, 0.15) is 30.0 Å². The number of hydrogen-bond acceptors (Lipinski definition) is 5. The van der Waals surface area contributed by atoms with Crippen molar-refractivity contribution in [3.05, 3.63) is 16.1 Å². The molecule has 1 aliphatic rings. The van der Waals surface area contributed by atoms with Crippen LogP contribution in [0.2, 0.25) is 0 Å². The van der Waals surface area contributed by atoms with Crippen molar-refractivity contribution in [1.29, 1.82) is 0 Å². The lowest BCUT2D eigenvalue weighted by molar-refractivity contribution is -0.148. The lowest BCUT2D eigenvalue weighted by Gasteiger charge is -2.21. The first-order chi connectivity index (χ1) is 9.58. The molecule has 1 aliphatic heterocycles. The molecule has 0 aliphatic carbocycles. The number of carboxylic acid groups (broad SMARTS) is 1. The van der Waals surface area contributed by atoms with Gasteiger partial charge in [0.15, 0.2) is 0 Å². The summed E-state index contributed by atoms with van der Waals surface area (Å²) in [4.78, 5) is 28.9. The Hall–Kier alpha value is -1.08. The molecule has 1 aromatic rings. The van der Waals surface area contributed by atoms with Crippen molar-refractivity contribution in [2.75, 3.05) is 12.3 Å². The molecule has 1 saturated heterocycles. The van der Waals surface area contributed by atoms with E-state index in [1.54, 1.807) is 23.1 Å². The van der Waals surface area contributed by atoms with Gasteiger partial charge in [0.25, 0.3) is 0 Å². The fourth-order valence-corrected chi connectivity index (χ4v) is 3.81. The lowest BCUT2D eigenvalue weighted by Crippen LogP contribution is -2.40. The Morgan fingerprint density at radius 3 is 3.05 bits per heavy atom. The van der Waals surface area contributed by atoms with Crippen molar-refractivity contribution in [2.24, 2.45) is 0 Å². The zero-order valence-electron chi connectivity index (χ0n) is 11.4.